The fourth-order valence-corrected chi connectivity index (χ4v) is 3.13. The van der Waals surface area contributed by atoms with Gasteiger partial charge >= 0.3 is 5.97 Å². The summed E-state index contributed by atoms with van der Waals surface area (Å²) in [6.07, 6.45) is 6.35. The van der Waals surface area contributed by atoms with E-state index in [0.717, 1.165) is 25.7 Å². The van der Waals surface area contributed by atoms with Crippen LogP contribution in [0.2, 0.25) is 0 Å². The highest BCUT2D eigenvalue weighted by Crippen LogP contribution is 2.38. The van der Waals surface area contributed by atoms with Crippen molar-refractivity contribution in [1.29, 1.82) is 0 Å². The molecule has 1 aromatic rings. The summed E-state index contributed by atoms with van der Waals surface area (Å²) in [6.45, 7) is 0. The van der Waals surface area contributed by atoms with Crippen LogP contribution in [-0.4, -0.2) is 21.8 Å². The number of carboxylic acids is 1. The van der Waals surface area contributed by atoms with Crippen LogP contribution in [0.1, 0.15) is 56.4 Å². The molecule has 1 aromatic carbocycles. The van der Waals surface area contributed by atoms with E-state index < -0.39 is 17.5 Å². The summed E-state index contributed by atoms with van der Waals surface area (Å²) in [5.74, 6) is -1.74. The quantitative estimate of drug-likeness (QED) is 0.878. The minimum atomic E-state index is -1.10. The third-order valence-corrected chi connectivity index (χ3v) is 4.14. The molecule has 0 unspecified atom stereocenters. The SMILES string of the molecule is O=C(O)[C@H](c1ccccc1)C1(O)CCCCCCC1. The Morgan fingerprint density at radius 2 is 1.53 bits per heavy atom. The van der Waals surface area contributed by atoms with E-state index in [1.165, 1.54) is 6.42 Å². The van der Waals surface area contributed by atoms with Gasteiger partial charge in [-0.15, -0.1) is 0 Å². The summed E-state index contributed by atoms with van der Waals surface area (Å²) in [5.41, 5.74) is -0.397. The second-order valence-corrected chi connectivity index (χ2v) is 5.55. The van der Waals surface area contributed by atoms with Gasteiger partial charge in [0.1, 0.15) is 5.92 Å². The highest BCUT2D eigenvalue weighted by atomic mass is 16.4. The standard InChI is InChI=1S/C16H22O3/c17-15(18)14(13-9-5-4-6-10-13)16(19)11-7-2-1-3-8-12-16/h4-6,9-10,14,19H,1-3,7-8,11-12H2,(H,17,18)/t14-/m0/s1. The summed E-state index contributed by atoms with van der Waals surface area (Å²) in [7, 11) is 0. The van der Waals surface area contributed by atoms with Crippen molar-refractivity contribution in [3.8, 4) is 0 Å². The van der Waals surface area contributed by atoms with E-state index in [1.807, 2.05) is 18.2 Å². The van der Waals surface area contributed by atoms with E-state index in [1.54, 1.807) is 12.1 Å². The summed E-state index contributed by atoms with van der Waals surface area (Å²) in [5, 5.41) is 20.4. The van der Waals surface area contributed by atoms with Gasteiger partial charge in [0.05, 0.1) is 5.60 Å². The molecule has 104 valence electrons. The zero-order valence-electron chi connectivity index (χ0n) is 11.2. The molecule has 0 radical (unpaired) electrons. The monoisotopic (exact) mass is 262 g/mol. The highest BCUT2D eigenvalue weighted by molar-refractivity contribution is 5.77. The molecular formula is C16H22O3. The molecule has 1 atom stereocenters. The van der Waals surface area contributed by atoms with Crippen molar-refractivity contribution in [1.82, 2.24) is 0 Å². The van der Waals surface area contributed by atoms with Crippen molar-refractivity contribution in [2.45, 2.75) is 56.5 Å². The molecule has 0 spiro atoms. The molecule has 1 aliphatic rings. The van der Waals surface area contributed by atoms with Gasteiger partial charge in [0, 0.05) is 0 Å². The van der Waals surface area contributed by atoms with Crippen LogP contribution in [0.3, 0.4) is 0 Å². The van der Waals surface area contributed by atoms with Crippen LogP contribution in [0, 0.1) is 0 Å². The number of carboxylic acid groups (broad SMARTS) is 1. The molecule has 2 rings (SSSR count). The molecule has 2 N–H and O–H groups in total. The van der Waals surface area contributed by atoms with Gasteiger partial charge in [-0.3, -0.25) is 4.79 Å². The maximum Gasteiger partial charge on any atom is 0.313 e. The Morgan fingerprint density at radius 1 is 1.00 bits per heavy atom. The van der Waals surface area contributed by atoms with E-state index in [4.69, 9.17) is 0 Å². The second kappa shape index (κ2) is 6.20. The van der Waals surface area contributed by atoms with Crippen LogP contribution < -0.4 is 0 Å². The van der Waals surface area contributed by atoms with Crippen LogP contribution in [0.25, 0.3) is 0 Å². The van der Waals surface area contributed by atoms with Crippen molar-refractivity contribution in [3.63, 3.8) is 0 Å². The van der Waals surface area contributed by atoms with Crippen molar-refractivity contribution in [2.24, 2.45) is 0 Å². The topological polar surface area (TPSA) is 57.5 Å². The number of hydrogen-bond donors (Lipinski definition) is 2. The number of carbonyl (C=O) groups is 1. The normalized spacial score (nSPS) is 21.1. The smallest absolute Gasteiger partial charge is 0.313 e. The molecule has 0 heterocycles. The second-order valence-electron chi connectivity index (χ2n) is 5.55. The molecule has 1 aliphatic carbocycles. The minimum Gasteiger partial charge on any atom is -0.481 e. The van der Waals surface area contributed by atoms with E-state index in [9.17, 15) is 15.0 Å². The predicted octanol–water partition coefficient (Wildman–Crippen LogP) is 3.33. The third kappa shape index (κ3) is 3.35. The largest absolute Gasteiger partial charge is 0.481 e. The first-order valence-electron chi connectivity index (χ1n) is 7.14. The van der Waals surface area contributed by atoms with Gasteiger partial charge in [-0.25, -0.2) is 0 Å². The van der Waals surface area contributed by atoms with Gasteiger partial charge < -0.3 is 10.2 Å². The molecule has 0 aliphatic heterocycles. The van der Waals surface area contributed by atoms with Crippen molar-refractivity contribution in [3.05, 3.63) is 35.9 Å². The lowest BCUT2D eigenvalue weighted by molar-refractivity contribution is -0.147. The summed E-state index contributed by atoms with van der Waals surface area (Å²) in [6, 6.07) is 9.13. The van der Waals surface area contributed by atoms with Crippen molar-refractivity contribution < 1.29 is 15.0 Å². The van der Waals surface area contributed by atoms with Crippen LogP contribution >= 0.6 is 0 Å². The fourth-order valence-electron chi connectivity index (χ4n) is 3.13. The zero-order valence-corrected chi connectivity index (χ0v) is 11.2. The lowest BCUT2D eigenvalue weighted by Crippen LogP contribution is -2.41. The average Bonchev–Trinajstić information content (AvgIpc) is 2.35. The number of rotatable bonds is 3. The maximum absolute atomic E-state index is 11.6. The average molecular weight is 262 g/mol. The molecule has 1 saturated carbocycles. The van der Waals surface area contributed by atoms with Crippen LogP contribution in [0.15, 0.2) is 30.3 Å². The van der Waals surface area contributed by atoms with Crippen molar-refractivity contribution in [2.75, 3.05) is 0 Å². The fraction of sp³-hybridized carbons (Fsp3) is 0.562. The van der Waals surface area contributed by atoms with Gasteiger partial charge in [-0.2, -0.15) is 0 Å². The first kappa shape index (κ1) is 14.1. The Labute approximate surface area is 114 Å². The predicted molar refractivity (Wildman–Crippen MR) is 74.1 cm³/mol. The molecule has 1 fully saturated rings. The Morgan fingerprint density at radius 3 is 2.05 bits per heavy atom. The maximum atomic E-state index is 11.6. The number of hydrogen-bond acceptors (Lipinski definition) is 2. The molecule has 19 heavy (non-hydrogen) atoms. The van der Waals surface area contributed by atoms with Crippen LogP contribution in [0.4, 0.5) is 0 Å². The first-order chi connectivity index (χ1) is 9.13. The van der Waals surface area contributed by atoms with E-state index in [0.29, 0.717) is 18.4 Å². The summed E-state index contributed by atoms with van der Waals surface area (Å²) in [4.78, 5) is 11.6. The third-order valence-electron chi connectivity index (χ3n) is 4.14. The van der Waals surface area contributed by atoms with Crippen LogP contribution in [0.5, 0.6) is 0 Å². The Bertz CT molecular complexity index is 405. The lowest BCUT2D eigenvalue weighted by Gasteiger charge is -2.35. The number of aliphatic hydroxyl groups is 1. The van der Waals surface area contributed by atoms with Gasteiger partial charge in [0.2, 0.25) is 0 Å². The van der Waals surface area contributed by atoms with Gasteiger partial charge in [0.15, 0.2) is 0 Å². The molecule has 0 saturated heterocycles. The summed E-state index contributed by atoms with van der Waals surface area (Å²) >= 11 is 0. The van der Waals surface area contributed by atoms with E-state index in [-0.39, 0.29) is 0 Å². The molecule has 0 amide bonds. The molecule has 0 aromatic heterocycles. The first-order valence-corrected chi connectivity index (χ1v) is 7.14. The van der Waals surface area contributed by atoms with Gasteiger partial charge in [-0.05, 0) is 18.4 Å². The highest BCUT2D eigenvalue weighted by Gasteiger charge is 2.42. The zero-order chi connectivity index (χ0) is 13.7. The number of aliphatic carboxylic acids is 1. The molecule has 0 bridgehead atoms. The van der Waals surface area contributed by atoms with Gasteiger partial charge in [-0.1, -0.05) is 62.4 Å². The Balaban J connectivity index is 2.28. The summed E-state index contributed by atoms with van der Waals surface area (Å²) < 4.78 is 0. The van der Waals surface area contributed by atoms with E-state index >= 15 is 0 Å². The van der Waals surface area contributed by atoms with Gasteiger partial charge in [0.25, 0.3) is 0 Å². The Kier molecular flexibility index (Phi) is 4.59. The van der Waals surface area contributed by atoms with E-state index in [2.05, 4.69) is 0 Å². The Hall–Kier alpha value is -1.35. The lowest BCUT2D eigenvalue weighted by atomic mass is 9.74. The minimum absolute atomic E-state index is 0.582. The van der Waals surface area contributed by atoms with Crippen molar-refractivity contribution >= 4 is 5.97 Å². The molecule has 3 nitrogen and oxygen atoms in total. The number of benzene rings is 1. The molecule has 3 heteroatoms. The van der Waals surface area contributed by atoms with Crippen LogP contribution in [-0.2, 0) is 4.79 Å². The molecular weight excluding hydrogens is 240 g/mol.